The molecule has 0 spiro atoms. The second-order valence-corrected chi connectivity index (χ2v) is 3.13. The Labute approximate surface area is 91.7 Å². The molecule has 16 heavy (non-hydrogen) atoms. The summed E-state index contributed by atoms with van der Waals surface area (Å²) in [5, 5.41) is 0. The van der Waals surface area contributed by atoms with E-state index < -0.39 is 6.98 Å². The SMILES string of the molecule is COc1cc(/C=C/[B-](F)(F)F)cc(OC)c1. The molecule has 0 bridgehead atoms. The summed E-state index contributed by atoms with van der Waals surface area (Å²) in [5.41, 5.74) is 0.385. The molecule has 0 saturated carbocycles. The molecule has 6 heteroatoms. The molecule has 1 aromatic carbocycles. The van der Waals surface area contributed by atoms with Crippen LogP contribution in [0.4, 0.5) is 12.9 Å². The summed E-state index contributed by atoms with van der Waals surface area (Å²) in [5.74, 6) is 1.14. The van der Waals surface area contributed by atoms with Crippen molar-refractivity contribution in [3.8, 4) is 11.5 Å². The van der Waals surface area contributed by atoms with Crippen molar-refractivity contribution in [2.45, 2.75) is 0 Å². The first-order valence-corrected chi connectivity index (χ1v) is 4.57. The minimum absolute atomic E-state index is 0.230. The largest absolute Gasteiger partial charge is 0.502 e. The summed E-state index contributed by atoms with van der Waals surface area (Å²) < 4.78 is 45.9. The molecule has 0 aliphatic carbocycles. The van der Waals surface area contributed by atoms with E-state index in [9.17, 15) is 12.9 Å². The first-order chi connectivity index (χ1) is 7.44. The maximum Gasteiger partial charge on any atom is 0.502 e. The molecule has 0 aliphatic heterocycles. The third-order valence-corrected chi connectivity index (χ3v) is 1.88. The number of rotatable bonds is 4. The lowest BCUT2D eigenvalue weighted by Crippen LogP contribution is -2.09. The smallest absolute Gasteiger partial charge is 0.497 e. The van der Waals surface area contributed by atoms with Gasteiger partial charge in [-0.25, -0.2) is 0 Å². The van der Waals surface area contributed by atoms with Crippen LogP contribution >= 0.6 is 0 Å². The van der Waals surface area contributed by atoms with Gasteiger partial charge in [-0.1, -0.05) is 6.08 Å². The molecular formula is C10H11BF3O2-. The summed E-state index contributed by atoms with van der Waals surface area (Å²) >= 11 is 0. The third kappa shape index (κ3) is 3.88. The maximum atomic E-state index is 12.0. The van der Waals surface area contributed by atoms with E-state index in [2.05, 4.69) is 0 Å². The number of halogens is 3. The van der Waals surface area contributed by atoms with Crippen molar-refractivity contribution in [2.24, 2.45) is 0 Å². The second kappa shape index (κ2) is 4.96. The summed E-state index contributed by atoms with van der Waals surface area (Å²) in [6, 6.07) is 4.59. The van der Waals surface area contributed by atoms with Crippen LogP contribution < -0.4 is 9.47 Å². The zero-order valence-corrected chi connectivity index (χ0v) is 8.91. The Kier molecular flexibility index (Phi) is 3.87. The van der Waals surface area contributed by atoms with Gasteiger partial charge in [-0.2, -0.15) is 0 Å². The van der Waals surface area contributed by atoms with E-state index in [0.29, 0.717) is 17.1 Å². The van der Waals surface area contributed by atoms with E-state index >= 15 is 0 Å². The molecule has 0 N–H and O–H groups in total. The molecule has 1 aromatic rings. The van der Waals surface area contributed by atoms with Gasteiger partial charge >= 0.3 is 6.98 Å². The number of hydrogen-bond donors (Lipinski definition) is 0. The fraction of sp³-hybridized carbons (Fsp3) is 0.200. The number of hydrogen-bond acceptors (Lipinski definition) is 2. The molecule has 0 atom stereocenters. The first-order valence-electron chi connectivity index (χ1n) is 4.57. The maximum absolute atomic E-state index is 12.0. The first kappa shape index (κ1) is 12.5. The fourth-order valence-electron chi connectivity index (χ4n) is 1.15. The molecule has 88 valence electrons. The van der Waals surface area contributed by atoms with Gasteiger partial charge in [0.15, 0.2) is 0 Å². The molecule has 0 heterocycles. The van der Waals surface area contributed by atoms with Crippen LogP contribution in [0.2, 0.25) is 0 Å². The van der Waals surface area contributed by atoms with Crippen LogP contribution in [0.5, 0.6) is 11.5 Å². The number of ether oxygens (including phenoxy) is 2. The summed E-state index contributed by atoms with van der Waals surface area (Å²) in [4.78, 5) is 0. The van der Waals surface area contributed by atoms with Crippen molar-refractivity contribution in [3.05, 3.63) is 29.7 Å². The van der Waals surface area contributed by atoms with Crippen molar-refractivity contribution in [1.29, 1.82) is 0 Å². The lowest BCUT2D eigenvalue weighted by Gasteiger charge is -2.08. The molecule has 0 aliphatic rings. The highest BCUT2D eigenvalue weighted by Gasteiger charge is 2.17. The van der Waals surface area contributed by atoms with Gasteiger partial charge in [0, 0.05) is 6.07 Å². The second-order valence-electron chi connectivity index (χ2n) is 3.13. The minimum atomic E-state index is -4.92. The standard InChI is InChI=1S/C10H11BF3O2/c1-15-9-5-8(3-4-11(12,13)14)6-10(7-9)16-2/h3-7H,1-2H3/q-1/b4-3+. The Balaban J connectivity index is 3.00. The Morgan fingerprint density at radius 1 is 1.00 bits per heavy atom. The highest BCUT2D eigenvalue weighted by Crippen LogP contribution is 2.24. The summed E-state index contributed by atoms with van der Waals surface area (Å²) in [6.07, 6.45) is 0.991. The quantitative estimate of drug-likeness (QED) is 0.741. The van der Waals surface area contributed by atoms with Crippen LogP contribution in [-0.4, -0.2) is 21.2 Å². The Morgan fingerprint density at radius 3 is 1.88 bits per heavy atom. The monoisotopic (exact) mass is 231 g/mol. The van der Waals surface area contributed by atoms with Crippen LogP contribution in [0.3, 0.4) is 0 Å². The highest BCUT2D eigenvalue weighted by atomic mass is 19.4. The van der Waals surface area contributed by atoms with Crippen molar-refractivity contribution >= 4 is 13.1 Å². The predicted octanol–water partition coefficient (Wildman–Crippen LogP) is 3.10. The van der Waals surface area contributed by atoms with Crippen LogP contribution in [-0.2, 0) is 0 Å². The van der Waals surface area contributed by atoms with Gasteiger partial charge in [0.2, 0.25) is 0 Å². The topological polar surface area (TPSA) is 18.5 Å². The summed E-state index contributed by atoms with van der Waals surface area (Å²) in [7, 11) is 2.88. The Hall–Kier alpha value is -1.59. The average Bonchev–Trinajstić information content (AvgIpc) is 2.25. The van der Waals surface area contributed by atoms with Crippen molar-refractivity contribution in [3.63, 3.8) is 0 Å². The number of methoxy groups -OCH3 is 2. The molecule has 2 nitrogen and oxygen atoms in total. The lowest BCUT2D eigenvalue weighted by molar-refractivity contribution is 0.394. The highest BCUT2D eigenvalue weighted by molar-refractivity contribution is 6.64. The van der Waals surface area contributed by atoms with Crippen molar-refractivity contribution in [1.82, 2.24) is 0 Å². The van der Waals surface area contributed by atoms with Gasteiger partial charge in [-0.15, -0.1) is 5.98 Å². The Bertz CT molecular complexity index is 366. The normalized spacial score (nSPS) is 11.8. The van der Waals surface area contributed by atoms with Crippen LogP contribution in [0.25, 0.3) is 6.08 Å². The van der Waals surface area contributed by atoms with Gasteiger partial charge < -0.3 is 22.4 Å². The zero-order valence-electron chi connectivity index (χ0n) is 8.91. The van der Waals surface area contributed by atoms with E-state index in [0.717, 1.165) is 6.08 Å². The minimum Gasteiger partial charge on any atom is -0.497 e. The van der Waals surface area contributed by atoms with E-state index in [4.69, 9.17) is 9.47 Å². The zero-order chi connectivity index (χ0) is 12.2. The lowest BCUT2D eigenvalue weighted by atomic mass is 9.90. The van der Waals surface area contributed by atoms with Crippen molar-refractivity contribution in [2.75, 3.05) is 14.2 Å². The molecule has 0 radical (unpaired) electrons. The molecule has 0 unspecified atom stereocenters. The molecule has 0 saturated heterocycles. The van der Waals surface area contributed by atoms with Gasteiger partial charge in [-0.3, -0.25) is 0 Å². The van der Waals surface area contributed by atoms with Gasteiger partial charge in [0.1, 0.15) is 11.5 Å². The average molecular weight is 231 g/mol. The number of benzene rings is 1. The van der Waals surface area contributed by atoms with E-state index in [-0.39, 0.29) is 5.98 Å². The summed E-state index contributed by atoms with van der Waals surface area (Å²) in [6.45, 7) is -4.92. The van der Waals surface area contributed by atoms with E-state index in [1.165, 1.54) is 26.4 Å². The van der Waals surface area contributed by atoms with Crippen molar-refractivity contribution < 1.29 is 22.4 Å². The molecule has 1 rings (SSSR count). The van der Waals surface area contributed by atoms with Crippen LogP contribution in [0.1, 0.15) is 5.56 Å². The van der Waals surface area contributed by atoms with Crippen LogP contribution in [0, 0.1) is 0 Å². The fourth-order valence-corrected chi connectivity index (χ4v) is 1.15. The predicted molar refractivity (Wildman–Crippen MR) is 57.7 cm³/mol. The van der Waals surface area contributed by atoms with E-state index in [1.54, 1.807) is 6.07 Å². The van der Waals surface area contributed by atoms with Gasteiger partial charge in [0.25, 0.3) is 0 Å². The van der Waals surface area contributed by atoms with Crippen LogP contribution in [0.15, 0.2) is 24.2 Å². The Morgan fingerprint density at radius 2 is 1.50 bits per heavy atom. The molecular weight excluding hydrogens is 220 g/mol. The van der Waals surface area contributed by atoms with Gasteiger partial charge in [-0.05, 0) is 17.7 Å². The molecule has 0 fully saturated rings. The third-order valence-electron chi connectivity index (χ3n) is 1.88. The molecule has 0 aromatic heterocycles. The van der Waals surface area contributed by atoms with Gasteiger partial charge in [0.05, 0.1) is 14.2 Å². The van der Waals surface area contributed by atoms with E-state index in [1.807, 2.05) is 0 Å². The molecule has 0 amide bonds.